The van der Waals surface area contributed by atoms with Crippen LogP contribution < -0.4 is 15.6 Å². The average molecular weight is 720 g/mol. The molecule has 3 aromatic rings. The van der Waals surface area contributed by atoms with E-state index in [9.17, 15) is 27.6 Å². The molecule has 2 atom stereocenters. The first kappa shape index (κ1) is 39.5. The van der Waals surface area contributed by atoms with Crippen molar-refractivity contribution in [3.8, 4) is 16.9 Å². The summed E-state index contributed by atoms with van der Waals surface area (Å²) in [5.41, 5.74) is -1.13. The molecule has 1 unspecified atom stereocenters. The molecule has 1 saturated heterocycles. The summed E-state index contributed by atoms with van der Waals surface area (Å²) in [6.45, 7) is 11.8. The van der Waals surface area contributed by atoms with E-state index in [1.165, 1.54) is 20.1 Å². The predicted octanol–water partition coefficient (Wildman–Crippen LogP) is 7.39. The Balaban J connectivity index is 1.85. The van der Waals surface area contributed by atoms with E-state index in [1.54, 1.807) is 46.8 Å². The molecule has 1 aromatic heterocycles. The summed E-state index contributed by atoms with van der Waals surface area (Å²) >= 11 is 0. The van der Waals surface area contributed by atoms with E-state index >= 15 is 8.78 Å². The number of methoxy groups -OCH3 is 1. The van der Waals surface area contributed by atoms with Crippen LogP contribution in [0.5, 0.6) is 5.75 Å². The zero-order chi connectivity index (χ0) is 37.8. The molecule has 1 fully saturated rings. The molecule has 0 saturated carbocycles. The van der Waals surface area contributed by atoms with Crippen LogP contribution in [-0.2, 0) is 26.9 Å². The number of rotatable bonds is 14. The third-order valence-corrected chi connectivity index (χ3v) is 9.32. The molecule has 0 spiro atoms. The number of benzene rings is 2. The number of likely N-dealkylation sites (tertiary alicyclic amines) is 1. The average Bonchev–Trinajstić information content (AvgIpc) is 3.01. The van der Waals surface area contributed by atoms with Crippen LogP contribution in [0.2, 0.25) is 0 Å². The molecule has 1 N–H and O–H groups in total. The number of alkyl halides is 3. The van der Waals surface area contributed by atoms with Crippen LogP contribution in [-0.4, -0.2) is 54.7 Å². The maximum atomic E-state index is 16.8. The number of hydrogen-bond acceptors (Lipinski definition) is 6. The van der Waals surface area contributed by atoms with Gasteiger partial charge in [-0.3, -0.25) is 14.4 Å². The molecule has 278 valence electrons. The van der Waals surface area contributed by atoms with E-state index in [1.807, 2.05) is 4.90 Å². The smallest absolute Gasteiger partial charge is 0.416 e. The minimum absolute atomic E-state index is 0.00102. The van der Waals surface area contributed by atoms with Gasteiger partial charge in [-0.1, -0.05) is 19.9 Å². The summed E-state index contributed by atoms with van der Waals surface area (Å²) in [5, 5.41) is 2.59. The topological polar surface area (TPSA) is 89.9 Å². The maximum absolute atomic E-state index is 16.8. The molecule has 2 heterocycles. The molecule has 1 aliphatic rings. The molecule has 51 heavy (non-hydrogen) atoms. The van der Waals surface area contributed by atoms with Gasteiger partial charge in [0.2, 0.25) is 5.91 Å². The van der Waals surface area contributed by atoms with Gasteiger partial charge in [-0.25, -0.2) is 8.78 Å². The van der Waals surface area contributed by atoms with Crippen LogP contribution in [0.25, 0.3) is 11.1 Å². The molecule has 8 nitrogen and oxygen atoms in total. The van der Waals surface area contributed by atoms with Crippen LogP contribution in [0, 0.1) is 38.3 Å². The Kier molecular flexibility index (Phi) is 12.7. The van der Waals surface area contributed by atoms with Crippen molar-refractivity contribution in [3.05, 3.63) is 85.8 Å². The van der Waals surface area contributed by atoms with Gasteiger partial charge in [0.25, 0.3) is 5.56 Å². The Morgan fingerprint density at radius 3 is 2.27 bits per heavy atom. The second-order valence-electron chi connectivity index (χ2n) is 13.5. The van der Waals surface area contributed by atoms with Gasteiger partial charge in [0.15, 0.2) is 0 Å². The Morgan fingerprint density at radius 1 is 1.02 bits per heavy atom. The number of carbonyl (C=O) groups is 2. The van der Waals surface area contributed by atoms with Crippen LogP contribution >= 0.6 is 0 Å². The lowest BCUT2D eigenvalue weighted by Crippen LogP contribution is -2.41. The van der Waals surface area contributed by atoms with E-state index in [2.05, 4.69) is 5.32 Å². The van der Waals surface area contributed by atoms with Gasteiger partial charge in [-0.05, 0) is 106 Å². The third-order valence-electron chi connectivity index (χ3n) is 9.32. The molecule has 13 heteroatoms. The van der Waals surface area contributed by atoms with Crippen LogP contribution in [0.15, 0.2) is 35.3 Å². The van der Waals surface area contributed by atoms with E-state index < -0.39 is 64.9 Å². The van der Waals surface area contributed by atoms with E-state index in [-0.39, 0.29) is 42.1 Å². The van der Waals surface area contributed by atoms with Crippen molar-refractivity contribution < 1.29 is 41.0 Å². The van der Waals surface area contributed by atoms with Crippen molar-refractivity contribution in [1.29, 1.82) is 0 Å². The second-order valence-corrected chi connectivity index (χ2v) is 13.5. The highest BCUT2D eigenvalue weighted by molar-refractivity contribution is 5.82. The molecule has 0 aliphatic carbocycles. The van der Waals surface area contributed by atoms with Crippen molar-refractivity contribution in [2.75, 3.05) is 33.4 Å². The zero-order valence-electron chi connectivity index (χ0n) is 30.1. The van der Waals surface area contributed by atoms with Crippen molar-refractivity contribution in [3.63, 3.8) is 0 Å². The number of nitrogens with one attached hydrogen (secondary N) is 1. The van der Waals surface area contributed by atoms with Crippen molar-refractivity contribution >= 4 is 11.9 Å². The first-order valence-electron chi connectivity index (χ1n) is 17.1. The fraction of sp³-hybridized carbons (Fsp3) is 0.500. The molecule has 0 bridgehead atoms. The SMILES string of the molecule is CCOC(=O)C[C@H](NC(=O)C(CC(C)C)n1cc(CCN2CCC2)c(C(F)(F)F)cc1=O)c1c(F)c(C)cc(-c2c(C)ccc(OC)c2C)c1F. The van der Waals surface area contributed by atoms with Crippen molar-refractivity contribution in [1.82, 2.24) is 14.8 Å². The third kappa shape index (κ3) is 8.98. The molecule has 1 aliphatic heterocycles. The second kappa shape index (κ2) is 16.4. The standard InChI is InChI=1S/C38H46F5N3O5/c1-8-51-32(48)19-28(34-35(39)23(5)17-26(36(34)40)33-22(4)10-11-30(50-7)24(33)6)44-37(49)29(16-21(2)3)46-20-25(12-15-45-13-9-14-45)27(18-31(46)47)38(41,42)43/h10-11,17-18,20-21,28-29H,8-9,12-16,19H2,1-7H3,(H,44,49)/t28-,29?/m0/s1. The van der Waals surface area contributed by atoms with Gasteiger partial charge in [0, 0.05) is 29.9 Å². The lowest BCUT2D eigenvalue weighted by atomic mass is 9.89. The number of aryl methyl sites for hydroxylation is 2. The fourth-order valence-electron chi connectivity index (χ4n) is 6.60. The minimum Gasteiger partial charge on any atom is -0.496 e. The first-order chi connectivity index (χ1) is 24.0. The van der Waals surface area contributed by atoms with Gasteiger partial charge in [0.05, 0.1) is 31.7 Å². The number of pyridine rings is 1. The zero-order valence-corrected chi connectivity index (χ0v) is 30.1. The lowest BCUT2D eigenvalue weighted by molar-refractivity contribution is -0.144. The summed E-state index contributed by atoms with van der Waals surface area (Å²) < 4.78 is 86.6. The number of ether oxygens (including phenoxy) is 2. The summed E-state index contributed by atoms with van der Waals surface area (Å²) in [7, 11) is 1.47. The first-order valence-corrected chi connectivity index (χ1v) is 17.1. The maximum Gasteiger partial charge on any atom is 0.416 e. The number of nitrogens with zero attached hydrogens (tertiary/aromatic N) is 2. The van der Waals surface area contributed by atoms with Crippen LogP contribution in [0.4, 0.5) is 22.0 Å². The van der Waals surface area contributed by atoms with Crippen LogP contribution in [0.1, 0.15) is 85.5 Å². The largest absolute Gasteiger partial charge is 0.496 e. The highest BCUT2D eigenvalue weighted by atomic mass is 19.4. The highest BCUT2D eigenvalue weighted by Gasteiger charge is 2.37. The Hall–Kier alpha value is -4.26. The lowest BCUT2D eigenvalue weighted by Gasteiger charge is -2.31. The van der Waals surface area contributed by atoms with Crippen molar-refractivity contribution in [2.45, 2.75) is 85.5 Å². The monoisotopic (exact) mass is 719 g/mol. The Bertz CT molecular complexity index is 1820. The van der Waals surface area contributed by atoms with Gasteiger partial charge >= 0.3 is 12.1 Å². The highest BCUT2D eigenvalue weighted by Crippen LogP contribution is 2.39. The summed E-state index contributed by atoms with van der Waals surface area (Å²) in [4.78, 5) is 42.4. The number of aromatic nitrogens is 1. The molecule has 1 amide bonds. The molecule has 0 radical (unpaired) electrons. The number of carbonyl (C=O) groups excluding carboxylic acids is 2. The fourth-order valence-corrected chi connectivity index (χ4v) is 6.60. The van der Waals surface area contributed by atoms with Gasteiger partial charge in [-0.2, -0.15) is 13.2 Å². The molecular formula is C38H46F5N3O5. The summed E-state index contributed by atoms with van der Waals surface area (Å²) in [5.74, 6) is -3.53. The van der Waals surface area contributed by atoms with E-state index in [0.29, 0.717) is 35.1 Å². The number of hydrogen-bond donors (Lipinski definition) is 1. The quantitative estimate of drug-likeness (QED) is 0.138. The van der Waals surface area contributed by atoms with Gasteiger partial charge in [-0.15, -0.1) is 0 Å². The van der Waals surface area contributed by atoms with Crippen molar-refractivity contribution in [2.24, 2.45) is 5.92 Å². The van der Waals surface area contributed by atoms with Gasteiger partial charge < -0.3 is 24.3 Å². The summed E-state index contributed by atoms with van der Waals surface area (Å²) in [6.07, 6.45) is -3.47. The van der Waals surface area contributed by atoms with Crippen LogP contribution in [0.3, 0.4) is 0 Å². The number of esters is 1. The predicted molar refractivity (Wildman–Crippen MR) is 184 cm³/mol. The Labute approximate surface area is 294 Å². The summed E-state index contributed by atoms with van der Waals surface area (Å²) in [6, 6.07) is 2.32. The normalized spacial score (nSPS) is 14.6. The molecule has 2 aromatic carbocycles. The number of halogens is 5. The van der Waals surface area contributed by atoms with E-state index in [4.69, 9.17) is 9.47 Å². The minimum atomic E-state index is -4.81. The molecule has 4 rings (SSSR count). The number of amides is 1. The Morgan fingerprint density at radius 2 is 1.71 bits per heavy atom. The van der Waals surface area contributed by atoms with E-state index in [0.717, 1.165) is 30.3 Å². The van der Waals surface area contributed by atoms with Gasteiger partial charge in [0.1, 0.15) is 23.4 Å². The molecular weight excluding hydrogens is 673 g/mol.